The highest BCUT2D eigenvalue weighted by Crippen LogP contribution is 2.38. The van der Waals surface area contributed by atoms with Crippen LogP contribution >= 0.6 is 0 Å². The molecule has 3 aromatic rings. The third kappa shape index (κ3) is 5.48. The molecule has 1 aliphatic rings. The fraction of sp³-hybridized carbons (Fsp3) is 0.238. The molecule has 11 heteroatoms. The Morgan fingerprint density at radius 1 is 1.16 bits per heavy atom. The summed E-state index contributed by atoms with van der Waals surface area (Å²) in [5.41, 5.74) is 2.18. The molecular formula is C21H19F4N5O2. The van der Waals surface area contributed by atoms with E-state index in [-0.39, 0.29) is 0 Å². The van der Waals surface area contributed by atoms with E-state index in [1.165, 1.54) is 12.4 Å². The van der Waals surface area contributed by atoms with E-state index in [2.05, 4.69) is 19.9 Å². The lowest BCUT2D eigenvalue weighted by Crippen LogP contribution is -2.28. The lowest BCUT2D eigenvalue weighted by molar-refractivity contribution is -0.138. The van der Waals surface area contributed by atoms with E-state index in [0.29, 0.717) is 24.3 Å². The van der Waals surface area contributed by atoms with Gasteiger partial charge in [0.2, 0.25) is 0 Å². The maximum Gasteiger partial charge on any atom is 0.416 e. The van der Waals surface area contributed by atoms with Crippen molar-refractivity contribution >= 4 is 17.5 Å². The van der Waals surface area contributed by atoms with Gasteiger partial charge in [-0.25, -0.2) is 24.1 Å². The number of nitrogens with zero attached hydrogens (tertiary/aromatic N) is 5. The Labute approximate surface area is 181 Å². The number of benzene rings is 1. The highest BCUT2D eigenvalue weighted by Gasteiger charge is 2.31. The Balaban J connectivity index is 0.000000523. The van der Waals surface area contributed by atoms with Crippen LogP contribution in [0.4, 0.5) is 29.1 Å². The van der Waals surface area contributed by atoms with Gasteiger partial charge in [0.25, 0.3) is 0 Å². The quantitative estimate of drug-likeness (QED) is 0.603. The maximum atomic E-state index is 13.0. The molecule has 0 amide bonds. The summed E-state index contributed by atoms with van der Waals surface area (Å²) in [6, 6.07) is 9.00. The monoisotopic (exact) mass is 449 g/mol. The largest absolute Gasteiger partial charge is 0.479 e. The summed E-state index contributed by atoms with van der Waals surface area (Å²) in [7, 11) is 1.93. The van der Waals surface area contributed by atoms with Crippen molar-refractivity contribution in [2.24, 2.45) is 0 Å². The molecule has 1 N–H and O–H groups in total. The topological polar surface area (TPSA) is 82.5 Å². The number of rotatable bonds is 4. The van der Waals surface area contributed by atoms with Crippen LogP contribution in [-0.2, 0) is 17.5 Å². The van der Waals surface area contributed by atoms with Gasteiger partial charge in [-0.2, -0.15) is 13.2 Å². The molecule has 0 unspecified atom stereocenters. The van der Waals surface area contributed by atoms with Crippen molar-refractivity contribution in [2.75, 3.05) is 30.2 Å². The summed E-state index contributed by atoms with van der Waals surface area (Å²) < 4.78 is 49.6. The van der Waals surface area contributed by atoms with Gasteiger partial charge in [-0.1, -0.05) is 12.1 Å². The third-order valence-electron chi connectivity index (χ3n) is 4.57. The molecule has 0 saturated heterocycles. The second kappa shape index (κ2) is 9.58. The summed E-state index contributed by atoms with van der Waals surface area (Å²) in [5, 5.41) is 7.35. The van der Waals surface area contributed by atoms with E-state index < -0.39 is 24.4 Å². The molecule has 3 heterocycles. The average molecular weight is 449 g/mol. The Morgan fingerprint density at radius 3 is 2.53 bits per heavy atom. The van der Waals surface area contributed by atoms with E-state index >= 15 is 0 Å². The van der Waals surface area contributed by atoms with Gasteiger partial charge >= 0.3 is 12.1 Å². The molecular weight excluding hydrogens is 430 g/mol. The van der Waals surface area contributed by atoms with Gasteiger partial charge < -0.3 is 14.9 Å². The molecule has 0 spiro atoms. The van der Waals surface area contributed by atoms with Crippen LogP contribution in [0.15, 0.2) is 55.1 Å². The zero-order valence-electron chi connectivity index (χ0n) is 16.9. The zero-order chi connectivity index (χ0) is 23.3. The number of hydrogen-bond donors (Lipinski definition) is 1. The van der Waals surface area contributed by atoms with Crippen LogP contribution in [0.2, 0.25) is 0 Å². The first-order valence-electron chi connectivity index (χ1n) is 9.35. The Bertz CT molecular complexity index is 1080. The molecule has 0 radical (unpaired) electrons. The summed E-state index contributed by atoms with van der Waals surface area (Å²) in [5.74, 6) is -0.621. The van der Waals surface area contributed by atoms with Gasteiger partial charge in [0.1, 0.15) is 6.33 Å². The summed E-state index contributed by atoms with van der Waals surface area (Å²) >= 11 is 0. The highest BCUT2D eigenvalue weighted by molar-refractivity contribution is 5.78. The van der Waals surface area contributed by atoms with Crippen molar-refractivity contribution < 1.29 is 27.5 Å². The molecule has 0 saturated carbocycles. The van der Waals surface area contributed by atoms with Crippen LogP contribution < -0.4 is 9.80 Å². The number of halogens is 4. The van der Waals surface area contributed by atoms with Crippen molar-refractivity contribution in [3.8, 4) is 11.1 Å². The number of carboxylic acid groups (broad SMARTS) is 1. The predicted octanol–water partition coefficient (Wildman–Crippen LogP) is 4.01. The van der Waals surface area contributed by atoms with Crippen LogP contribution in [0.3, 0.4) is 0 Å². The van der Waals surface area contributed by atoms with E-state index in [0.717, 1.165) is 29.3 Å². The molecule has 168 valence electrons. The van der Waals surface area contributed by atoms with Crippen LogP contribution in [0, 0.1) is 0 Å². The highest BCUT2D eigenvalue weighted by atomic mass is 19.4. The molecule has 0 aliphatic carbocycles. The second-order valence-corrected chi connectivity index (χ2v) is 6.91. The number of alkyl halides is 4. The average Bonchev–Trinajstić information content (AvgIpc) is 3.09. The minimum atomic E-state index is -4.38. The first kappa shape index (κ1) is 22.9. The van der Waals surface area contributed by atoms with E-state index in [9.17, 15) is 17.6 Å². The van der Waals surface area contributed by atoms with Crippen molar-refractivity contribution in [3.63, 3.8) is 0 Å². The fourth-order valence-corrected chi connectivity index (χ4v) is 3.15. The van der Waals surface area contributed by atoms with Gasteiger partial charge in [-0.15, -0.1) is 0 Å². The number of anilines is 2. The fourth-order valence-electron chi connectivity index (χ4n) is 3.15. The van der Waals surface area contributed by atoms with Gasteiger partial charge in [0.05, 0.1) is 30.2 Å². The molecule has 0 fully saturated rings. The molecule has 32 heavy (non-hydrogen) atoms. The van der Waals surface area contributed by atoms with Crippen molar-refractivity contribution in [2.45, 2.75) is 12.7 Å². The summed E-state index contributed by atoms with van der Waals surface area (Å²) in [4.78, 5) is 25.7. The number of fused-ring (bicyclic) bond motifs is 1. The third-order valence-corrected chi connectivity index (χ3v) is 4.57. The number of pyridine rings is 1. The standard InChI is InChI=1S/C19H16F3N5.C2H3FO2/c1-26-12-27(10-16-5-6-23-11-25-16)17-8-14(9-24-18(17)26)13-3-2-4-15(7-13)19(20,21)22;3-1-2(4)5/h2-9,11H,10,12H2,1H3;1H2,(H,4,5). The lowest BCUT2D eigenvalue weighted by atomic mass is 10.0. The SMILES string of the molecule is CN1CN(Cc2ccncn2)c2cc(-c3cccc(C(F)(F)F)c3)cnc21.O=C(O)CF. The Morgan fingerprint density at radius 2 is 1.91 bits per heavy atom. The van der Waals surface area contributed by atoms with E-state index in [1.54, 1.807) is 18.5 Å². The lowest BCUT2D eigenvalue weighted by Gasteiger charge is -2.18. The first-order chi connectivity index (χ1) is 15.2. The van der Waals surface area contributed by atoms with E-state index in [1.807, 2.05) is 24.1 Å². The summed E-state index contributed by atoms with van der Waals surface area (Å²) in [6.45, 7) is -0.0913. The number of aliphatic carboxylic acids is 1. The zero-order valence-corrected chi connectivity index (χ0v) is 16.9. The predicted molar refractivity (Wildman–Crippen MR) is 110 cm³/mol. The maximum absolute atomic E-state index is 13.0. The second-order valence-electron chi connectivity index (χ2n) is 6.91. The van der Waals surface area contributed by atoms with Crippen LogP contribution in [-0.4, -0.2) is 46.4 Å². The Kier molecular flexibility index (Phi) is 6.86. The van der Waals surface area contributed by atoms with Crippen LogP contribution in [0.1, 0.15) is 11.3 Å². The van der Waals surface area contributed by atoms with Crippen molar-refractivity contribution in [3.05, 3.63) is 66.4 Å². The van der Waals surface area contributed by atoms with Crippen LogP contribution in [0.5, 0.6) is 0 Å². The van der Waals surface area contributed by atoms with Gasteiger partial charge in [0, 0.05) is 25.0 Å². The van der Waals surface area contributed by atoms with Gasteiger partial charge in [-0.3, -0.25) is 0 Å². The molecule has 4 rings (SSSR count). The first-order valence-corrected chi connectivity index (χ1v) is 9.35. The molecule has 1 aliphatic heterocycles. The Hall–Kier alpha value is -3.76. The minimum absolute atomic E-state index is 0.483. The molecule has 0 atom stereocenters. The number of hydrogen-bond acceptors (Lipinski definition) is 6. The normalized spacial score (nSPS) is 12.8. The van der Waals surface area contributed by atoms with Gasteiger partial charge in [-0.05, 0) is 29.8 Å². The van der Waals surface area contributed by atoms with Crippen LogP contribution in [0.25, 0.3) is 11.1 Å². The molecule has 0 bridgehead atoms. The van der Waals surface area contributed by atoms with Crippen molar-refractivity contribution in [1.29, 1.82) is 0 Å². The molecule has 1 aromatic carbocycles. The number of aromatic nitrogens is 3. The number of carbonyl (C=O) groups is 1. The van der Waals surface area contributed by atoms with Gasteiger partial charge in [0.15, 0.2) is 12.5 Å². The van der Waals surface area contributed by atoms with E-state index in [4.69, 9.17) is 9.90 Å². The van der Waals surface area contributed by atoms with Crippen molar-refractivity contribution in [1.82, 2.24) is 15.0 Å². The minimum Gasteiger partial charge on any atom is -0.479 e. The smallest absolute Gasteiger partial charge is 0.416 e. The summed E-state index contributed by atoms with van der Waals surface area (Å²) in [6.07, 6.45) is 0.409. The molecule has 2 aromatic heterocycles. The number of carboxylic acids is 1. The molecule has 7 nitrogen and oxygen atoms in total.